The van der Waals surface area contributed by atoms with E-state index in [1.807, 2.05) is 18.3 Å². The molecule has 1 aliphatic carbocycles. The average molecular weight is 569 g/mol. The van der Waals surface area contributed by atoms with Crippen LogP contribution >= 0.6 is 0 Å². The van der Waals surface area contributed by atoms with E-state index >= 15 is 0 Å². The largest absolute Gasteiger partial charge is 0.305 e. The third kappa shape index (κ3) is 5.46. The normalized spacial score (nSPS) is 18.1. The third-order valence-corrected chi connectivity index (χ3v) is 9.58. The lowest BCUT2D eigenvalue weighted by Crippen LogP contribution is -2.59. The highest BCUT2D eigenvalue weighted by Gasteiger charge is 2.45. The van der Waals surface area contributed by atoms with Crippen LogP contribution in [0.2, 0.25) is 0 Å². The number of rotatable bonds is 7. The number of nitrogens with zero attached hydrogens (tertiary/aromatic N) is 4. The second kappa shape index (κ2) is 11.4. The molecule has 7 nitrogen and oxygen atoms in total. The molecule has 2 heterocycles. The number of carbonyl (C=O) groups is 1. The molecule has 3 aromatic rings. The molecule has 11 heteroatoms. The fourth-order valence-electron chi connectivity index (χ4n) is 5.32. The number of nitriles is 1. The molecule has 1 aromatic heterocycles. The van der Waals surface area contributed by atoms with Crippen molar-refractivity contribution in [3.8, 4) is 6.07 Å². The van der Waals surface area contributed by atoms with Crippen LogP contribution in [-0.2, 0) is 21.4 Å². The molecule has 0 radical (unpaired) electrons. The van der Waals surface area contributed by atoms with Crippen LogP contribution in [0.25, 0.3) is 0 Å². The van der Waals surface area contributed by atoms with Gasteiger partial charge in [-0.15, -0.1) is 0 Å². The summed E-state index contributed by atoms with van der Waals surface area (Å²) in [5.41, 5.74) is 1.49. The van der Waals surface area contributed by atoms with E-state index in [4.69, 9.17) is 0 Å². The molecule has 1 saturated heterocycles. The molecule has 208 valence electrons. The lowest BCUT2D eigenvalue weighted by atomic mass is 9.85. The van der Waals surface area contributed by atoms with Crippen molar-refractivity contribution in [3.63, 3.8) is 0 Å². The number of pyridine rings is 1. The molecule has 1 saturated carbocycles. The van der Waals surface area contributed by atoms with Gasteiger partial charge < -0.3 is 4.90 Å². The number of hydrogen-bond acceptors (Lipinski definition) is 5. The molecule has 2 aliphatic rings. The minimum Gasteiger partial charge on any atom is -0.305 e. The minimum absolute atomic E-state index is 0.00836. The monoisotopic (exact) mass is 568 g/mol. The molecule has 1 unspecified atom stereocenters. The summed E-state index contributed by atoms with van der Waals surface area (Å²) in [6.45, 7) is -0.0391. The zero-order chi connectivity index (χ0) is 28.4. The van der Waals surface area contributed by atoms with Gasteiger partial charge in [-0.05, 0) is 73.2 Å². The summed E-state index contributed by atoms with van der Waals surface area (Å²) >= 11 is 0. The van der Waals surface area contributed by atoms with Gasteiger partial charge in [-0.1, -0.05) is 25.3 Å². The molecule has 1 aliphatic heterocycles. The summed E-state index contributed by atoms with van der Waals surface area (Å²) in [7, 11) is -4.51. The van der Waals surface area contributed by atoms with Crippen LogP contribution in [0.1, 0.15) is 61.3 Å². The molecule has 5 rings (SSSR count). The Labute approximate surface area is 230 Å². The Morgan fingerprint density at radius 2 is 1.70 bits per heavy atom. The summed E-state index contributed by atoms with van der Waals surface area (Å²) < 4.78 is 68.9. The van der Waals surface area contributed by atoms with Crippen molar-refractivity contribution >= 4 is 21.6 Å². The van der Waals surface area contributed by atoms with Crippen molar-refractivity contribution in [1.29, 1.82) is 5.26 Å². The predicted molar refractivity (Wildman–Crippen MR) is 141 cm³/mol. The average Bonchev–Trinajstić information content (AvgIpc) is 2.93. The van der Waals surface area contributed by atoms with Crippen LogP contribution in [-0.4, -0.2) is 36.2 Å². The van der Waals surface area contributed by atoms with Gasteiger partial charge in [0.15, 0.2) is 11.6 Å². The first-order valence-electron chi connectivity index (χ1n) is 13.1. The number of carbonyl (C=O) groups excluding carboxylic acids is 1. The van der Waals surface area contributed by atoms with Gasteiger partial charge >= 0.3 is 0 Å². The zero-order valence-corrected chi connectivity index (χ0v) is 22.4. The summed E-state index contributed by atoms with van der Waals surface area (Å²) in [6.07, 6.45) is 7.80. The molecule has 2 fully saturated rings. The second-order valence-electron chi connectivity index (χ2n) is 10.1. The summed E-state index contributed by atoms with van der Waals surface area (Å²) in [4.78, 5) is 19.0. The highest BCUT2D eigenvalue weighted by molar-refractivity contribution is 7.89. The fraction of sp³-hybridized carbons (Fsp3) is 0.345. The first-order valence-corrected chi connectivity index (χ1v) is 14.6. The molecular weight excluding hydrogens is 541 g/mol. The number of amides is 1. The SMILES string of the molecule is N#Cc1cc(F)c(F)cc1S(=O)(=O)N1CCC1C(=O)N(Cc1ccc(C2CCCCC2)cn1)c1ccc(F)cc1. The molecule has 1 atom stereocenters. The molecule has 40 heavy (non-hydrogen) atoms. The molecule has 0 spiro atoms. The first-order chi connectivity index (χ1) is 19.2. The van der Waals surface area contributed by atoms with E-state index in [0.29, 0.717) is 29.4 Å². The zero-order valence-electron chi connectivity index (χ0n) is 21.6. The van der Waals surface area contributed by atoms with Crippen molar-refractivity contribution in [2.75, 3.05) is 11.4 Å². The predicted octanol–water partition coefficient (Wildman–Crippen LogP) is 5.41. The summed E-state index contributed by atoms with van der Waals surface area (Å²) in [6, 6.07) is 10.5. The van der Waals surface area contributed by atoms with E-state index in [0.717, 1.165) is 22.7 Å². The van der Waals surface area contributed by atoms with Crippen molar-refractivity contribution in [3.05, 3.63) is 89.0 Å². The number of anilines is 1. The second-order valence-corrected chi connectivity index (χ2v) is 12.0. The number of sulfonamides is 1. The Kier molecular flexibility index (Phi) is 7.92. The molecular formula is C29H27F3N4O3S. The molecule has 2 aromatic carbocycles. The van der Waals surface area contributed by atoms with Gasteiger partial charge in [-0.25, -0.2) is 21.6 Å². The third-order valence-electron chi connectivity index (χ3n) is 7.63. The number of aromatic nitrogens is 1. The highest BCUT2D eigenvalue weighted by atomic mass is 32.2. The van der Waals surface area contributed by atoms with Crippen molar-refractivity contribution < 1.29 is 26.4 Å². The Morgan fingerprint density at radius 3 is 2.30 bits per heavy atom. The smallest absolute Gasteiger partial charge is 0.245 e. The van der Waals surface area contributed by atoms with E-state index in [-0.39, 0.29) is 19.5 Å². The maximum atomic E-state index is 14.0. The topological polar surface area (TPSA) is 94.4 Å². The Bertz CT molecular complexity index is 1550. The summed E-state index contributed by atoms with van der Waals surface area (Å²) in [5, 5.41) is 9.34. The lowest BCUT2D eigenvalue weighted by molar-refractivity contribution is -0.125. The van der Waals surface area contributed by atoms with Crippen LogP contribution in [0.15, 0.2) is 59.6 Å². The maximum Gasteiger partial charge on any atom is 0.245 e. The van der Waals surface area contributed by atoms with E-state index < -0.39 is 49.9 Å². The van der Waals surface area contributed by atoms with Crippen LogP contribution in [0, 0.1) is 28.8 Å². The van der Waals surface area contributed by atoms with E-state index in [1.165, 1.54) is 48.4 Å². The van der Waals surface area contributed by atoms with E-state index in [1.54, 1.807) is 6.07 Å². The first kappa shape index (κ1) is 27.8. The molecule has 0 bridgehead atoms. The lowest BCUT2D eigenvalue weighted by Gasteiger charge is -2.41. The van der Waals surface area contributed by atoms with Crippen molar-refractivity contribution in [2.45, 2.75) is 61.9 Å². The van der Waals surface area contributed by atoms with E-state index in [9.17, 15) is 31.6 Å². The minimum atomic E-state index is -4.51. The highest BCUT2D eigenvalue weighted by Crippen LogP contribution is 2.34. The number of halogens is 3. The van der Waals surface area contributed by atoms with Crippen LogP contribution in [0.3, 0.4) is 0 Å². The van der Waals surface area contributed by atoms with Crippen molar-refractivity contribution in [1.82, 2.24) is 9.29 Å². The van der Waals surface area contributed by atoms with E-state index in [2.05, 4.69) is 4.98 Å². The van der Waals surface area contributed by atoms with Gasteiger partial charge in [0, 0.05) is 18.4 Å². The van der Waals surface area contributed by atoms with Crippen LogP contribution < -0.4 is 4.90 Å². The van der Waals surface area contributed by atoms with Crippen LogP contribution in [0.4, 0.5) is 18.9 Å². The van der Waals surface area contributed by atoms with Gasteiger partial charge in [0.2, 0.25) is 15.9 Å². The van der Waals surface area contributed by atoms with Gasteiger partial charge in [-0.3, -0.25) is 9.78 Å². The number of benzene rings is 2. The summed E-state index contributed by atoms with van der Waals surface area (Å²) in [5.74, 6) is -3.40. The van der Waals surface area contributed by atoms with Gasteiger partial charge in [-0.2, -0.15) is 9.57 Å². The Balaban J connectivity index is 1.42. The molecule has 0 N–H and O–H groups in total. The van der Waals surface area contributed by atoms with Gasteiger partial charge in [0.25, 0.3) is 0 Å². The number of hydrogen-bond donors (Lipinski definition) is 0. The fourth-order valence-corrected chi connectivity index (χ4v) is 7.08. The van der Waals surface area contributed by atoms with Gasteiger partial charge in [0.05, 0.1) is 17.8 Å². The quantitative estimate of drug-likeness (QED) is 0.380. The Morgan fingerprint density at radius 1 is 1.00 bits per heavy atom. The maximum absolute atomic E-state index is 14.0. The van der Waals surface area contributed by atoms with Gasteiger partial charge in [0.1, 0.15) is 22.8 Å². The molecule has 1 amide bonds. The van der Waals surface area contributed by atoms with Crippen molar-refractivity contribution in [2.24, 2.45) is 0 Å². The standard InChI is InChI=1S/C29H27F3N4O3S/c30-22-7-10-24(11-8-22)35(18-23-9-6-20(17-34-23)19-4-2-1-3-5-19)29(37)27-12-13-36(27)40(38,39)28-15-26(32)25(31)14-21(28)16-33/h6-11,14-15,17,19,27H,1-5,12-13,18H2. The van der Waals surface area contributed by atoms with Crippen LogP contribution in [0.5, 0.6) is 0 Å². The Hall–Kier alpha value is -3.75.